The van der Waals surface area contributed by atoms with E-state index in [0.717, 1.165) is 30.6 Å². The van der Waals surface area contributed by atoms with Crippen molar-refractivity contribution < 1.29 is 4.39 Å². The van der Waals surface area contributed by atoms with Gasteiger partial charge in [-0.3, -0.25) is 0 Å². The van der Waals surface area contributed by atoms with Crippen LogP contribution in [0.4, 0.5) is 10.1 Å². The standard InChI is InChI=1S/C15H23FN2/c1-2-13-6-4-3-5-9-18(13)15-8-7-12(11-17)10-14(15)16/h7-8,10,13H,2-6,9,11,17H2,1H3. The highest BCUT2D eigenvalue weighted by Crippen LogP contribution is 2.28. The zero-order valence-electron chi connectivity index (χ0n) is 11.2. The zero-order valence-corrected chi connectivity index (χ0v) is 11.2. The van der Waals surface area contributed by atoms with Gasteiger partial charge in [0.1, 0.15) is 5.82 Å². The van der Waals surface area contributed by atoms with Crippen molar-refractivity contribution in [3.05, 3.63) is 29.6 Å². The molecule has 1 saturated heterocycles. The minimum atomic E-state index is -0.127. The van der Waals surface area contributed by atoms with Gasteiger partial charge in [0, 0.05) is 19.1 Å². The highest BCUT2D eigenvalue weighted by atomic mass is 19.1. The maximum absolute atomic E-state index is 14.2. The molecular formula is C15H23FN2. The van der Waals surface area contributed by atoms with Crippen LogP contribution in [-0.2, 0) is 6.54 Å². The number of nitrogens with zero attached hydrogens (tertiary/aromatic N) is 1. The maximum atomic E-state index is 14.2. The summed E-state index contributed by atoms with van der Waals surface area (Å²) in [5, 5.41) is 0. The molecule has 0 spiro atoms. The summed E-state index contributed by atoms with van der Waals surface area (Å²) in [5.41, 5.74) is 7.16. The van der Waals surface area contributed by atoms with Crippen LogP contribution in [0.15, 0.2) is 18.2 Å². The predicted octanol–water partition coefficient (Wildman–Crippen LogP) is 3.44. The first-order chi connectivity index (χ1) is 8.76. The molecule has 1 aromatic carbocycles. The van der Waals surface area contributed by atoms with E-state index in [1.54, 1.807) is 6.07 Å². The van der Waals surface area contributed by atoms with Gasteiger partial charge in [-0.25, -0.2) is 4.39 Å². The van der Waals surface area contributed by atoms with Crippen molar-refractivity contribution in [2.45, 2.75) is 51.6 Å². The summed E-state index contributed by atoms with van der Waals surface area (Å²) < 4.78 is 14.2. The van der Waals surface area contributed by atoms with Crippen LogP contribution < -0.4 is 10.6 Å². The summed E-state index contributed by atoms with van der Waals surface area (Å²) in [4.78, 5) is 2.25. The van der Waals surface area contributed by atoms with Crippen molar-refractivity contribution in [1.82, 2.24) is 0 Å². The minimum Gasteiger partial charge on any atom is -0.366 e. The first-order valence-electron chi connectivity index (χ1n) is 7.01. The van der Waals surface area contributed by atoms with E-state index in [9.17, 15) is 4.39 Å². The Morgan fingerprint density at radius 2 is 2.17 bits per heavy atom. The predicted molar refractivity (Wildman–Crippen MR) is 74.2 cm³/mol. The number of benzene rings is 1. The van der Waals surface area contributed by atoms with Gasteiger partial charge in [0.15, 0.2) is 0 Å². The fraction of sp³-hybridized carbons (Fsp3) is 0.600. The van der Waals surface area contributed by atoms with Crippen LogP contribution in [0.3, 0.4) is 0 Å². The maximum Gasteiger partial charge on any atom is 0.146 e. The van der Waals surface area contributed by atoms with Crippen LogP contribution in [0.5, 0.6) is 0 Å². The molecule has 100 valence electrons. The molecule has 2 N–H and O–H groups in total. The van der Waals surface area contributed by atoms with Gasteiger partial charge in [0.2, 0.25) is 0 Å². The first kappa shape index (κ1) is 13.3. The molecule has 1 fully saturated rings. The van der Waals surface area contributed by atoms with Crippen LogP contribution in [-0.4, -0.2) is 12.6 Å². The molecule has 3 heteroatoms. The average Bonchev–Trinajstić information content (AvgIpc) is 2.63. The number of rotatable bonds is 3. The molecule has 0 bridgehead atoms. The lowest BCUT2D eigenvalue weighted by Crippen LogP contribution is -2.35. The number of anilines is 1. The third-order valence-electron chi connectivity index (χ3n) is 3.91. The van der Waals surface area contributed by atoms with Gasteiger partial charge >= 0.3 is 0 Å². The van der Waals surface area contributed by atoms with Crippen molar-refractivity contribution in [2.75, 3.05) is 11.4 Å². The Balaban J connectivity index is 2.27. The topological polar surface area (TPSA) is 29.3 Å². The molecule has 18 heavy (non-hydrogen) atoms. The van der Waals surface area contributed by atoms with Gasteiger partial charge in [0.25, 0.3) is 0 Å². The molecule has 1 heterocycles. The van der Waals surface area contributed by atoms with Crippen molar-refractivity contribution >= 4 is 5.69 Å². The van der Waals surface area contributed by atoms with Crippen molar-refractivity contribution in [2.24, 2.45) is 5.73 Å². The second kappa shape index (κ2) is 6.19. The van der Waals surface area contributed by atoms with Gasteiger partial charge in [0.05, 0.1) is 5.69 Å². The third kappa shape index (κ3) is 2.83. The third-order valence-corrected chi connectivity index (χ3v) is 3.91. The minimum absolute atomic E-state index is 0.127. The SMILES string of the molecule is CCC1CCCCCN1c1ccc(CN)cc1F. The van der Waals surface area contributed by atoms with E-state index in [-0.39, 0.29) is 5.82 Å². The van der Waals surface area contributed by atoms with Crippen molar-refractivity contribution in [1.29, 1.82) is 0 Å². The average molecular weight is 250 g/mol. The van der Waals surface area contributed by atoms with E-state index in [1.807, 2.05) is 12.1 Å². The fourth-order valence-electron chi connectivity index (χ4n) is 2.83. The van der Waals surface area contributed by atoms with E-state index in [1.165, 1.54) is 19.3 Å². The Morgan fingerprint density at radius 1 is 1.33 bits per heavy atom. The second-order valence-electron chi connectivity index (χ2n) is 5.09. The highest BCUT2D eigenvalue weighted by Gasteiger charge is 2.22. The molecule has 2 rings (SSSR count). The Bertz CT molecular complexity index is 392. The fourth-order valence-corrected chi connectivity index (χ4v) is 2.83. The molecule has 1 aliphatic heterocycles. The number of halogens is 1. The number of hydrogen-bond donors (Lipinski definition) is 1. The van der Waals surface area contributed by atoms with E-state index < -0.39 is 0 Å². The molecule has 0 amide bonds. The monoisotopic (exact) mass is 250 g/mol. The van der Waals surface area contributed by atoms with E-state index >= 15 is 0 Å². The first-order valence-corrected chi connectivity index (χ1v) is 7.01. The molecule has 1 aliphatic rings. The van der Waals surface area contributed by atoms with Gasteiger partial charge < -0.3 is 10.6 Å². The lowest BCUT2D eigenvalue weighted by atomic mass is 10.1. The Kier molecular flexibility index (Phi) is 4.59. The van der Waals surface area contributed by atoms with Crippen LogP contribution in [0.1, 0.15) is 44.6 Å². The highest BCUT2D eigenvalue weighted by molar-refractivity contribution is 5.50. The van der Waals surface area contributed by atoms with Crippen LogP contribution in [0, 0.1) is 5.82 Å². The van der Waals surface area contributed by atoms with E-state index in [0.29, 0.717) is 12.6 Å². The molecule has 0 aliphatic carbocycles. The largest absolute Gasteiger partial charge is 0.366 e. The Morgan fingerprint density at radius 3 is 2.83 bits per heavy atom. The summed E-state index contributed by atoms with van der Waals surface area (Å²) in [6.45, 7) is 3.56. The molecular weight excluding hydrogens is 227 g/mol. The molecule has 0 aromatic heterocycles. The van der Waals surface area contributed by atoms with Crippen LogP contribution in [0.2, 0.25) is 0 Å². The second-order valence-corrected chi connectivity index (χ2v) is 5.09. The number of nitrogens with two attached hydrogens (primary N) is 1. The van der Waals surface area contributed by atoms with Gasteiger partial charge in [-0.1, -0.05) is 25.8 Å². The molecule has 1 unspecified atom stereocenters. The number of hydrogen-bond acceptors (Lipinski definition) is 2. The molecule has 1 atom stereocenters. The van der Waals surface area contributed by atoms with Gasteiger partial charge in [-0.2, -0.15) is 0 Å². The lowest BCUT2D eigenvalue weighted by Gasteiger charge is -2.31. The summed E-state index contributed by atoms with van der Waals surface area (Å²) in [5.74, 6) is -0.127. The van der Waals surface area contributed by atoms with E-state index in [2.05, 4.69) is 11.8 Å². The quantitative estimate of drug-likeness (QED) is 0.890. The van der Waals surface area contributed by atoms with Gasteiger partial charge in [-0.05, 0) is 37.0 Å². The summed E-state index contributed by atoms with van der Waals surface area (Å²) in [6, 6.07) is 5.89. The Labute approximate surface area is 109 Å². The van der Waals surface area contributed by atoms with Crippen molar-refractivity contribution in [3.8, 4) is 0 Å². The molecule has 2 nitrogen and oxygen atoms in total. The lowest BCUT2D eigenvalue weighted by molar-refractivity contribution is 0.539. The normalized spacial score (nSPS) is 20.8. The summed E-state index contributed by atoms with van der Waals surface area (Å²) >= 11 is 0. The molecule has 0 saturated carbocycles. The summed E-state index contributed by atoms with van der Waals surface area (Å²) in [7, 11) is 0. The smallest absolute Gasteiger partial charge is 0.146 e. The van der Waals surface area contributed by atoms with Gasteiger partial charge in [-0.15, -0.1) is 0 Å². The van der Waals surface area contributed by atoms with Crippen molar-refractivity contribution in [3.63, 3.8) is 0 Å². The van der Waals surface area contributed by atoms with E-state index in [4.69, 9.17) is 5.73 Å². The van der Waals surface area contributed by atoms with Crippen LogP contribution >= 0.6 is 0 Å². The molecule has 1 aromatic rings. The van der Waals surface area contributed by atoms with Crippen LogP contribution in [0.25, 0.3) is 0 Å². The zero-order chi connectivity index (χ0) is 13.0. The Hall–Kier alpha value is -1.09. The summed E-state index contributed by atoms with van der Waals surface area (Å²) in [6.07, 6.45) is 5.94. The molecule has 0 radical (unpaired) electrons.